The number of anilines is 2. The third kappa shape index (κ3) is 4.49. The summed E-state index contributed by atoms with van der Waals surface area (Å²) in [5.41, 5.74) is 1.42. The van der Waals surface area contributed by atoms with E-state index >= 15 is 0 Å². The van der Waals surface area contributed by atoms with Crippen LogP contribution in [0.4, 0.5) is 11.4 Å². The highest BCUT2D eigenvalue weighted by Gasteiger charge is 2.15. The predicted molar refractivity (Wildman–Crippen MR) is 108 cm³/mol. The average Bonchev–Trinajstić information content (AvgIpc) is 2.68. The number of nitriles is 1. The van der Waals surface area contributed by atoms with Crippen molar-refractivity contribution in [2.45, 2.75) is 4.90 Å². The second kappa shape index (κ2) is 8.13. The van der Waals surface area contributed by atoms with Crippen LogP contribution in [0.3, 0.4) is 0 Å². The molecule has 0 aromatic heterocycles. The molecule has 0 saturated carbocycles. The molecule has 0 aliphatic heterocycles. The van der Waals surface area contributed by atoms with E-state index in [1.807, 2.05) is 6.07 Å². The minimum atomic E-state index is -3.74. The fourth-order valence-electron chi connectivity index (χ4n) is 2.40. The Balaban J connectivity index is 1.74. The first kappa shape index (κ1) is 19.4. The highest BCUT2D eigenvalue weighted by Crippen LogP contribution is 2.21. The first-order chi connectivity index (χ1) is 13.4. The van der Waals surface area contributed by atoms with Crippen molar-refractivity contribution < 1.29 is 13.2 Å². The van der Waals surface area contributed by atoms with Crippen LogP contribution in [-0.4, -0.2) is 14.3 Å². The van der Waals surface area contributed by atoms with Gasteiger partial charge in [-0.25, -0.2) is 8.42 Å². The van der Waals surface area contributed by atoms with E-state index in [0.717, 1.165) is 0 Å². The molecule has 8 heteroatoms. The zero-order valence-electron chi connectivity index (χ0n) is 14.4. The number of sulfonamides is 1. The Labute approximate surface area is 167 Å². The number of amides is 1. The van der Waals surface area contributed by atoms with Crippen LogP contribution >= 0.6 is 11.6 Å². The van der Waals surface area contributed by atoms with Gasteiger partial charge in [0.25, 0.3) is 15.9 Å². The summed E-state index contributed by atoms with van der Waals surface area (Å²) in [6.45, 7) is 0. The van der Waals surface area contributed by atoms with Gasteiger partial charge in [0.1, 0.15) is 0 Å². The van der Waals surface area contributed by atoms with Crippen LogP contribution in [0.2, 0.25) is 5.02 Å². The lowest BCUT2D eigenvalue weighted by atomic mass is 10.1. The zero-order chi connectivity index (χ0) is 20.1. The van der Waals surface area contributed by atoms with Crippen molar-refractivity contribution in [3.8, 4) is 6.07 Å². The van der Waals surface area contributed by atoms with Gasteiger partial charge < -0.3 is 5.32 Å². The van der Waals surface area contributed by atoms with Crippen LogP contribution in [0.25, 0.3) is 0 Å². The number of benzene rings is 3. The van der Waals surface area contributed by atoms with Gasteiger partial charge in [0.15, 0.2) is 0 Å². The van der Waals surface area contributed by atoms with Crippen molar-refractivity contribution in [1.82, 2.24) is 0 Å². The van der Waals surface area contributed by atoms with Crippen LogP contribution in [0.15, 0.2) is 77.7 Å². The fourth-order valence-corrected chi connectivity index (χ4v) is 3.73. The lowest BCUT2D eigenvalue weighted by Gasteiger charge is -2.10. The summed E-state index contributed by atoms with van der Waals surface area (Å²) < 4.78 is 27.3. The smallest absolute Gasteiger partial charge is 0.261 e. The number of hydrogen-bond acceptors (Lipinski definition) is 4. The Kier molecular flexibility index (Phi) is 5.64. The minimum Gasteiger partial charge on any atom is -0.322 e. The molecule has 3 aromatic rings. The monoisotopic (exact) mass is 411 g/mol. The summed E-state index contributed by atoms with van der Waals surface area (Å²) in [5.74, 6) is -0.465. The van der Waals surface area contributed by atoms with Gasteiger partial charge in [-0.3, -0.25) is 9.52 Å². The molecule has 3 aromatic carbocycles. The second-order valence-electron chi connectivity index (χ2n) is 5.76. The van der Waals surface area contributed by atoms with E-state index in [2.05, 4.69) is 10.0 Å². The number of para-hydroxylation sites is 1. The highest BCUT2D eigenvalue weighted by atomic mass is 35.5. The van der Waals surface area contributed by atoms with E-state index in [-0.39, 0.29) is 15.5 Å². The van der Waals surface area contributed by atoms with E-state index in [4.69, 9.17) is 16.9 Å². The standard InChI is InChI=1S/C20H14ClN3O3S/c21-19-12-14(13-22)6-11-18(19)20(25)23-15-7-9-17(10-8-15)28(26,27)24-16-4-2-1-3-5-16/h1-12,24H,(H,23,25). The number of hydrogen-bond donors (Lipinski definition) is 2. The van der Waals surface area contributed by atoms with Gasteiger partial charge in [0, 0.05) is 11.4 Å². The van der Waals surface area contributed by atoms with Crippen LogP contribution < -0.4 is 10.0 Å². The zero-order valence-corrected chi connectivity index (χ0v) is 16.0. The Morgan fingerprint density at radius 1 is 0.929 bits per heavy atom. The summed E-state index contributed by atoms with van der Waals surface area (Å²) in [7, 11) is -3.74. The van der Waals surface area contributed by atoms with Crippen LogP contribution in [-0.2, 0) is 10.0 Å². The molecule has 140 valence electrons. The van der Waals surface area contributed by atoms with Gasteiger partial charge in [-0.15, -0.1) is 0 Å². The Morgan fingerprint density at radius 2 is 1.61 bits per heavy atom. The van der Waals surface area contributed by atoms with Gasteiger partial charge in [0.2, 0.25) is 0 Å². The third-order valence-corrected chi connectivity index (χ3v) is 5.50. The van der Waals surface area contributed by atoms with Crippen molar-refractivity contribution in [2.75, 3.05) is 10.0 Å². The highest BCUT2D eigenvalue weighted by molar-refractivity contribution is 7.92. The van der Waals surface area contributed by atoms with E-state index in [1.54, 1.807) is 30.3 Å². The normalized spacial score (nSPS) is 10.7. The Bertz CT molecular complexity index is 1160. The molecule has 0 spiro atoms. The molecule has 0 saturated heterocycles. The fraction of sp³-hybridized carbons (Fsp3) is 0. The van der Waals surface area contributed by atoms with Gasteiger partial charge in [0.05, 0.1) is 27.1 Å². The molecule has 0 fully saturated rings. The first-order valence-electron chi connectivity index (χ1n) is 8.08. The van der Waals surface area contributed by atoms with Crippen molar-refractivity contribution in [1.29, 1.82) is 5.26 Å². The van der Waals surface area contributed by atoms with E-state index in [1.165, 1.54) is 42.5 Å². The number of rotatable bonds is 5. The largest absolute Gasteiger partial charge is 0.322 e. The molecule has 2 N–H and O–H groups in total. The third-order valence-electron chi connectivity index (χ3n) is 3.79. The maximum absolute atomic E-state index is 12.4. The molecule has 0 bridgehead atoms. The molecular weight excluding hydrogens is 398 g/mol. The number of halogens is 1. The van der Waals surface area contributed by atoms with Crippen molar-refractivity contribution in [2.24, 2.45) is 0 Å². The minimum absolute atomic E-state index is 0.0609. The quantitative estimate of drug-likeness (QED) is 0.655. The summed E-state index contributed by atoms with van der Waals surface area (Å²) >= 11 is 6.03. The van der Waals surface area contributed by atoms with Gasteiger partial charge >= 0.3 is 0 Å². The topological polar surface area (TPSA) is 99.1 Å². The molecule has 6 nitrogen and oxygen atoms in total. The van der Waals surface area contributed by atoms with Crippen LogP contribution in [0, 0.1) is 11.3 Å². The van der Waals surface area contributed by atoms with Crippen molar-refractivity contribution in [3.63, 3.8) is 0 Å². The lowest BCUT2D eigenvalue weighted by Crippen LogP contribution is -2.14. The molecule has 0 aliphatic carbocycles. The molecule has 0 radical (unpaired) electrons. The summed E-state index contributed by atoms with van der Waals surface area (Å²) in [6.07, 6.45) is 0. The second-order valence-corrected chi connectivity index (χ2v) is 7.85. The molecule has 0 heterocycles. The number of carbonyl (C=O) groups is 1. The maximum Gasteiger partial charge on any atom is 0.261 e. The average molecular weight is 412 g/mol. The summed E-state index contributed by atoms with van der Waals surface area (Å²) in [5, 5.41) is 11.6. The van der Waals surface area contributed by atoms with Gasteiger partial charge in [-0.05, 0) is 54.6 Å². The Hall–Kier alpha value is -3.34. The summed E-state index contributed by atoms with van der Waals surface area (Å²) in [6, 6.07) is 20.6. The van der Waals surface area contributed by atoms with E-state index < -0.39 is 15.9 Å². The van der Waals surface area contributed by atoms with Crippen molar-refractivity contribution in [3.05, 3.63) is 88.9 Å². The molecule has 1 amide bonds. The van der Waals surface area contributed by atoms with Gasteiger partial charge in [-0.1, -0.05) is 29.8 Å². The molecule has 28 heavy (non-hydrogen) atoms. The van der Waals surface area contributed by atoms with Gasteiger partial charge in [-0.2, -0.15) is 5.26 Å². The number of nitrogens with one attached hydrogen (secondary N) is 2. The molecule has 0 aliphatic rings. The maximum atomic E-state index is 12.4. The molecular formula is C20H14ClN3O3S. The summed E-state index contributed by atoms with van der Waals surface area (Å²) in [4.78, 5) is 12.4. The van der Waals surface area contributed by atoms with Crippen molar-refractivity contribution >= 4 is 38.9 Å². The van der Waals surface area contributed by atoms with Crippen LogP contribution in [0.1, 0.15) is 15.9 Å². The van der Waals surface area contributed by atoms with E-state index in [0.29, 0.717) is 16.9 Å². The predicted octanol–water partition coefficient (Wildman–Crippen LogP) is 4.26. The van der Waals surface area contributed by atoms with Crippen LogP contribution in [0.5, 0.6) is 0 Å². The number of carbonyl (C=O) groups excluding carboxylic acids is 1. The molecule has 0 unspecified atom stereocenters. The molecule has 0 atom stereocenters. The Morgan fingerprint density at radius 3 is 2.21 bits per heavy atom. The SMILES string of the molecule is N#Cc1ccc(C(=O)Nc2ccc(S(=O)(=O)Nc3ccccc3)cc2)c(Cl)c1. The first-order valence-corrected chi connectivity index (χ1v) is 9.94. The van der Waals surface area contributed by atoms with E-state index in [9.17, 15) is 13.2 Å². The number of nitrogens with zero attached hydrogens (tertiary/aromatic N) is 1. The lowest BCUT2D eigenvalue weighted by molar-refractivity contribution is 0.102. The molecule has 3 rings (SSSR count).